The van der Waals surface area contributed by atoms with Crippen LogP contribution in [-0.2, 0) is 6.42 Å². The van der Waals surface area contributed by atoms with Crippen molar-refractivity contribution in [1.29, 1.82) is 0 Å². The van der Waals surface area contributed by atoms with Crippen molar-refractivity contribution in [2.75, 3.05) is 6.54 Å². The highest BCUT2D eigenvalue weighted by Crippen LogP contribution is 2.48. The largest absolute Gasteiger partial charge is 0.361 e. The molecule has 3 rings (SSSR count). The molecule has 0 saturated heterocycles. The molecule has 0 radical (unpaired) electrons. The van der Waals surface area contributed by atoms with Gasteiger partial charge in [-0.15, -0.1) is 0 Å². The van der Waals surface area contributed by atoms with Gasteiger partial charge in [0.2, 0.25) is 0 Å². The highest BCUT2D eigenvalue weighted by molar-refractivity contribution is 5.36. The Bertz CT molecular complexity index is 368. The first kappa shape index (κ1) is 9.40. The fourth-order valence-corrected chi connectivity index (χ4v) is 2.74. The second-order valence-electron chi connectivity index (χ2n) is 5.04. The van der Waals surface area contributed by atoms with Crippen LogP contribution >= 0.6 is 0 Å². The van der Waals surface area contributed by atoms with Crippen LogP contribution in [0.25, 0.3) is 0 Å². The van der Waals surface area contributed by atoms with Gasteiger partial charge in [-0.2, -0.15) is 0 Å². The first-order valence-corrected chi connectivity index (χ1v) is 5.99. The molecule has 15 heavy (non-hydrogen) atoms. The summed E-state index contributed by atoms with van der Waals surface area (Å²) in [6.07, 6.45) is 4.85. The predicted molar refractivity (Wildman–Crippen MR) is 57.8 cm³/mol. The molecule has 2 atom stereocenters. The van der Waals surface area contributed by atoms with Crippen molar-refractivity contribution in [2.45, 2.75) is 44.4 Å². The summed E-state index contributed by atoms with van der Waals surface area (Å²) in [6.45, 7) is 3.00. The average molecular weight is 206 g/mol. The van der Waals surface area contributed by atoms with Crippen molar-refractivity contribution in [3.63, 3.8) is 0 Å². The lowest BCUT2D eigenvalue weighted by molar-refractivity contribution is 0.375. The maximum Gasteiger partial charge on any atom is 0.140 e. The van der Waals surface area contributed by atoms with E-state index in [2.05, 4.69) is 12.1 Å². The van der Waals surface area contributed by atoms with E-state index in [4.69, 9.17) is 10.3 Å². The number of nitrogens with zero attached hydrogens (tertiary/aromatic N) is 1. The van der Waals surface area contributed by atoms with E-state index in [-0.39, 0.29) is 0 Å². The zero-order chi connectivity index (χ0) is 10.4. The second kappa shape index (κ2) is 3.34. The maximum atomic E-state index is 5.77. The molecule has 0 amide bonds. The van der Waals surface area contributed by atoms with Crippen LogP contribution in [-0.4, -0.2) is 11.7 Å². The van der Waals surface area contributed by atoms with Crippen molar-refractivity contribution >= 4 is 0 Å². The lowest BCUT2D eigenvalue weighted by Gasteiger charge is -2.17. The van der Waals surface area contributed by atoms with Crippen molar-refractivity contribution in [3.8, 4) is 0 Å². The van der Waals surface area contributed by atoms with Gasteiger partial charge in [0.05, 0.1) is 5.69 Å². The molecular formula is C12H18N2O. The fraction of sp³-hybridized carbons (Fsp3) is 0.750. The molecule has 3 heteroatoms. The molecule has 1 aromatic rings. The first-order valence-electron chi connectivity index (χ1n) is 5.99. The number of nitrogens with two attached hydrogens (primary N) is 1. The predicted octanol–water partition coefficient (Wildman–Crippen LogP) is 2.18. The van der Waals surface area contributed by atoms with Crippen LogP contribution in [0, 0.1) is 5.92 Å². The monoisotopic (exact) mass is 206 g/mol. The molecule has 1 saturated carbocycles. The Hall–Kier alpha value is -0.830. The van der Waals surface area contributed by atoms with Gasteiger partial charge in [-0.1, -0.05) is 12.1 Å². The minimum absolute atomic E-state index is 0.558. The minimum Gasteiger partial charge on any atom is -0.361 e. The zero-order valence-corrected chi connectivity index (χ0v) is 9.20. The van der Waals surface area contributed by atoms with Crippen LogP contribution in [0.3, 0.4) is 0 Å². The fourth-order valence-electron chi connectivity index (χ4n) is 2.74. The number of hydrogen-bond acceptors (Lipinski definition) is 3. The van der Waals surface area contributed by atoms with E-state index < -0.39 is 0 Å². The molecule has 0 aliphatic heterocycles. The van der Waals surface area contributed by atoms with Crippen molar-refractivity contribution in [3.05, 3.63) is 17.0 Å². The van der Waals surface area contributed by atoms with Crippen LogP contribution in [0.15, 0.2) is 4.52 Å². The molecule has 2 aliphatic carbocycles. The summed E-state index contributed by atoms with van der Waals surface area (Å²) >= 11 is 0. The van der Waals surface area contributed by atoms with Crippen LogP contribution in [0.4, 0.5) is 0 Å². The van der Waals surface area contributed by atoms with E-state index in [1.807, 2.05) is 0 Å². The first-order chi connectivity index (χ1) is 7.31. The van der Waals surface area contributed by atoms with Crippen LogP contribution in [0.2, 0.25) is 0 Å². The summed E-state index contributed by atoms with van der Waals surface area (Å²) in [5.41, 5.74) is 8.45. The van der Waals surface area contributed by atoms with Gasteiger partial charge >= 0.3 is 0 Å². The van der Waals surface area contributed by atoms with Gasteiger partial charge in [-0.3, -0.25) is 0 Å². The molecule has 82 valence electrons. The molecule has 1 aromatic heterocycles. The van der Waals surface area contributed by atoms with E-state index in [0.717, 1.165) is 18.7 Å². The molecule has 2 aliphatic rings. The third kappa shape index (κ3) is 1.41. The van der Waals surface area contributed by atoms with Crippen molar-refractivity contribution in [1.82, 2.24) is 5.16 Å². The molecular weight excluding hydrogens is 188 g/mol. The average Bonchev–Trinajstić information content (AvgIpc) is 2.87. The Morgan fingerprint density at radius 2 is 2.27 bits per heavy atom. The summed E-state index contributed by atoms with van der Waals surface area (Å²) in [6, 6.07) is 0. The van der Waals surface area contributed by atoms with Gasteiger partial charge in [0.1, 0.15) is 5.76 Å². The molecule has 0 spiro atoms. The minimum atomic E-state index is 0.558. The zero-order valence-electron chi connectivity index (χ0n) is 9.20. The molecule has 2 N–H and O–H groups in total. The number of hydrogen-bond donors (Lipinski definition) is 1. The molecule has 1 fully saturated rings. The number of rotatable bonds is 3. The number of fused-ring (bicyclic) bond motifs is 1. The second-order valence-corrected chi connectivity index (χ2v) is 5.04. The highest BCUT2D eigenvalue weighted by Gasteiger charge is 2.38. The summed E-state index contributed by atoms with van der Waals surface area (Å²) in [7, 11) is 0. The summed E-state index contributed by atoms with van der Waals surface area (Å²) in [5.74, 6) is 3.00. The lowest BCUT2D eigenvalue weighted by atomic mass is 9.88. The van der Waals surface area contributed by atoms with Crippen LogP contribution in [0.5, 0.6) is 0 Å². The summed E-state index contributed by atoms with van der Waals surface area (Å²) in [5, 5.41) is 4.25. The SMILES string of the molecule is CC(CN)C1CCc2onc(C3CC3)c21. The van der Waals surface area contributed by atoms with Gasteiger partial charge in [-0.25, -0.2) is 0 Å². The van der Waals surface area contributed by atoms with Gasteiger partial charge in [0, 0.05) is 17.9 Å². The highest BCUT2D eigenvalue weighted by atomic mass is 16.5. The van der Waals surface area contributed by atoms with E-state index >= 15 is 0 Å². The summed E-state index contributed by atoms with van der Waals surface area (Å²) in [4.78, 5) is 0. The number of aromatic nitrogens is 1. The Morgan fingerprint density at radius 3 is 2.93 bits per heavy atom. The van der Waals surface area contributed by atoms with Gasteiger partial charge < -0.3 is 10.3 Å². The van der Waals surface area contributed by atoms with E-state index in [1.54, 1.807) is 0 Å². The van der Waals surface area contributed by atoms with Crippen molar-refractivity contribution < 1.29 is 4.52 Å². The third-order valence-corrected chi connectivity index (χ3v) is 3.91. The molecule has 1 heterocycles. The van der Waals surface area contributed by atoms with Crippen LogP contribution in [0.1, 0.15) is 55.0 Å². The Morgan fingerprint density at radius 1 is 1.47 bits per heavy atom. The molecule has 0 bridgehead atoms. The topological polar surface area (TPSA) is 52.0 Å². The van der Waals surface area contributed by atoms with E-state index in [1.165, 1.54) is 30.5 Å². The van der Waals surface area contributed by atoms with Gasteiger partial charge in [0.15, 0.2) is 0 Å². The van der Waals surface area contributed by atoms with Crippen molar-refractivity contribution in [2.24, 2.45) is 11.7 Å². The third-order valence-electron chi connectivity index (χ3n) is 3.91. The Labute approximate surface area is 90.0 Å². The van der Waals surface area contributed by atoms with E-state index in [9.17, 15) is 0 Å². The summed E-state index contributed by atoms with van der Waals surface area (Å²) < 4.78 is 5.44. The Kier molecular flexibility index (Phi) is 2.09. The standard InChI is InChI=1S/C12H18N2O/c1-7(6-13)9-4-5-10-11(9)12(14-15-10)8-2-3-8/h7-9H,2-6,13H2,1H3. The van der Waals surface area contributed by atoms with E-state index in [0.29, 0.717) is 17.8 Å². The lowest BCUT2D eigenvalue weighted by Crippen LogP contribution is -2.18. The molecule has 0 aromatic carbocycles. The number of aryl methyl sites for hydroxylation is 1. The maximum absolute atomic E-state index is 5.77. The van der Waals surface area contributed by atoms with Crippen LogP contribution < -0.4 is 5.73 Å². The smallest absolute Gasteiger partial charge is 0.140 e. The van der Waals surface area contributed by atoms with Gasteiger partial charge in [-0.05, 0) is 37.6 Å². The Balaban J connectivity index is 1.95. The normalized spacial score (nSPS) is 26.7. The van der Waals surface area contributed by atoms with Gasteiger partial charge in [0.25, 0.3) is 0 Å². The quantitative estimate of drug-likeness (QED) is 0.824. The molecule has 2 unspecified atom stereocenters. The molecule has 3 nitrogen and oxygen atoms in total.